The van der Waals surface area contributed by atoms with Crippen LogP contribution in [0, 0.1) is 0 Å². The number of hydrogen-bond donors (Lipinski definition) is 0. The largest absolute Gasteiger partial charge is 0.497 e. The molecule has 0 aliphatic carbocycles. The molecule has 2 aromatic rings. The minimum absolute atomic E-state index is 0.871. The number of allylic oxidation sites excluding steroid dienone is 2. The summed E-state index contributed by atoms with van der Waals surface area (Å²) in [6.45, 7) is 6.20. The topological polar surface area (TPSA) is 12.5 Å². The van der Waals surface area contributed by atoms with E-state index in [1.54, 1.807) is 7.11 Å². The highest BCUT2D eigenvalue weighted by molar-refractivity contribution is 5.81. The normalized spacial score (nSPS) is 14.8. The smallest absolute Gasteiger partial charge is 0.118 e. The number of anilines is 1. The molecule has 0 N–H and O–H groups in total. The van der Waals surface area contributed by atoms with Gasteiger partial charge in [-0.25, -0.2) is 0 Å². The van der Waals surface area contributed by atoms with Crippen molar-refractivity contribution in [2.45, 2.75) is 12.8 Å². The molecule has 0 bridgehead atoms. The molecule has 2 aromatic carbocycles. The van der Waals surface area contributed by atoms with Crippen molar-refractivity contribution in [2.24, 2.45) is 0 Å². The molecule has 1 aliphatic heterocycles. The van der Waals surface area contributed by atoms with Gasteiger partial charge in [0, 0.05) is 18.8 Å². The van der Waals surface area contributed by atoms with E-state index in [1.165, 1.54) is 48.3 Å². The predicted molar refractivity (Wildman–Crippen MR) is 98.2 cm³/mol. The Morgan fingerprint density at radius 3 is 2.04 bits per heavy atom. The Hall–Kier alpha value is -2.48. The average Bonchev–Trinajstić information content (AvgIpc) is 3.15. The third kappa shape index (κ3) is 3.48. The first-order chi connectivity index (χ1) is 11.3. The molecule has 0 spiro atoms. The minimum Gasteiger partial charge on any atom is -0.497 e. The first-order valence-corrected chi connectivity index (χ1v) is 8.14. The van der Waals surface area contributed by atoms with Crippen molar-refractivity contribution in [3.63, 3.8) is 0 Å². The average molecular weight is 305 g/mol. The third-order valence-corrected chi connectivity index (χ3v) is 4.34. The quantitative estimate of drug-likeness (QED) is 0.728. The van der Waals surface area contributed by atoms with Crippen LogP contribution in [-0.2, 0) is 0 Å². The van der Waals surface area contributed by atoms with Crippen LogP contribution in [0.1, 0.15) is 24.0 Å². The van der Waals surface area contributed by atoms with Crippen molar-refractivity contribution in [1.82, 2.24) is 0 Å². The summed E-state index contributed by atoms with van der Waals surface area (Å²) in [5, 5.41) is 0. The van der Waals surface area contributed by atoms with Crippen LogP contribution in [0.4, 0.5) is 5.69 Å². The Bertz CT molecular complexity index is 677. The van der Waals surface area contributed by atoms with Gasteiger partial charge in [-0.3, -0.25) is 0 Å². The van der Waals surface area contributed by atoms with Crippen molar-refractivity contribution in [2.75, 3.05) is 25.1 Å². The molecule has 0 radical (unpaired) electrons. The van der Waals surface area contributed by atoms with Crippen LogP contribution in [0.15, 0.2) is 67.3 Å². The summed E-state index contributed by atoms with van der Waals surface area (Å²) in [6, 6.07) is 17.0. The fourth-order valence-electron chi connectivity index (χ4n) is 3.07. The maximum Gasteiger partial charge on any atom is 0.118 e. The molecule has 1 fully saturated rings. The monoisotopic (exact) mass is 305 g/mol. The molecule has 3 rings (SSSR count). The highest BCUT2D eigenvalue weighted by Crippen LogP contribution is 2.28. The maximum atomic E-state index is 5.24. The Balaban J connectivity index is 1.88. The van der Waals surface area contributed by atoms with Gasteiger partial charge in [0.05, 0.1) is 7.11 Å². The number of hydrogen-bond acceptors (Lipinski definition) is 2. The number of benzene rings is 2. The summed E-state index contributed by atoms with van der Waals surface area (Å²) in [6.07, 6.45) is 6.51. The first-order valence-electron chi connectivity index (χ1n) is 8.14. The number of rotatable bonds is 5. The Morgan fingerprint density at radius 1 is 0.957 bits per heavy atom. The zero-order chi connectivity index (χ0) is 16.1. The number of nitrogens with zero attached hydrogens (tertiary/aromatic N) is 1. The molecule has 0 aromatic heterocycles. The molecule has 1 aliphatic rings. The first kappa shape index (κ1) is 15.4. The van der Waals surface area contributed by atoms with Crippen molar-refractivity contribution >= 4 is 11.3 Å². The molecule has 0 unspecified atom stereocenters. The van der Waals surface area contributed by atoms with Gasteiger partial charge in [0.2, 0.25) is 0 Å². The van der Waals surface area contributed by atoms with E-state index in [2.05, 4.69) is 54.0 Å². The van der Waals surface area contributed by atoms with E-state index in [0.29, 0.717) is 0 Å². The Labute approximate surface area is 138 Å². The van der Waals surface area contributed by atoms with Crippen molar-refractivity contribution < 1.29 is 4.74 Å². The van der Waals surface area contributed by atoms with E-state index in [9.17, 15) is 0 Å². The third-order valence-electron chi connectivity index (χ3n) is 4.34. The van der Waals surface area contributed by atoms with Crippen molar-refractivity contribution in [1.29, 1.82) is 0 Å². The fourth-order valence-corrected chi connectivity index (χ4v) is 3.07. The maximum absolute atomic E-state index is 5.24. The van der Waals surface area contributed by atoms with Crippen LogP contribution in [0.3, 0.4) is 0 Å². The van der Waals surface area contributed by atoms with Gasteiger partial charge in [-0.15, -0.1) is 0 Å². The zero-order valence-electron chi connectivity index (χ0n) is 13.7. The summed E-state index contributed by atoms with van der Waals surface area (Å²) in [7, 11) is 1.69. The highest BCUT2D eigenvalue weighted by atomic mass is 16.5. The van der Waals surface area contributed by atoms with Crippen molar-refractivity contribution in [3.05, 3.63) is 78.4 Å². The second kappa shape index (κ2) is 7.19. The molecule has 23 heavy (non-hydrogen) atoms. The zero-order valence-corrected chi connectivity index (χ0v) is 13.7. The van der Waals surface area contributed by atoms with Gasteiger partial charge in [0.15, 0.2) is 0 Å². The Kier molecular flexibility index (Phi) is 4.82. The minimum atomic E-state index is 0.871. The molecule has 0 atom stereocenters. The van der Waals surface area contributed by atoms with Crippen LogP contribution >= 0.6 is 0 Å². The van der Waals surface area contributed by atoms with Crippen LogP contribution in [-0.4, -0.2) is 20.2 Å². The van der Waals surface area contributed by atoms with E-state index in [0.717, 1.165) is 5.75 Å². The van der Waals surface area contributed by atoms with Crippen LogP contribution in [0.5, 0.6) is 5.75 Å². The van der Waals surface area contributed by atoms with Crippen molar-refractivity contribution in [3.8, 4) is 5.75 Å². The lowest BCUT2D eigenvalue weighted by atomic mass is 9.97. The molecule has 0 amide bonds. The predicted octanol–water partition coefficient (Wildman–Crippen LogP) is 4.91. The molecule has 118 valence electrons. The van der Waals surface area contributed by atoms with Gasteiger partial charge < -0.3 is 9.64 Å². The second-order valence-electron chi connectivity index (χ2n) is 5.79. The highest BCUT2D eigenvalue weighted by Gasteiger charge is 2.12. The summed E-state index contributed by atoms with van der Waals surface area (Å²) in [5.74, 6) is 0.871. The molecular formula is C21H23NO. The van der Waals surface area contributed by atoms with Crippen LogP contribution in [0.25, 0.3) is 5.57 Å². The van der Waals surface area contributed by atoms with Gasteiger partial charge in [-0.1, -0.05) is 43.0 Å². The van der Waals surface area contributed by atoms with E-state index < -0.39 is 0 Å². The standard InChI is InChI=1S/C21H23NO/c1-3-6-21(18-9-13-20(23-2)14-10-18)17-7-11-19(12-8-17)22-15-4-5-16-22/h3,6-14H,1,4-5,15-16H2,2H3. The summed E-state index contributed by atoms with van der Waals surface area (Å²) >= 11 is 0. The summed E-state index contributed by atoms with van der Waals surface area (Å²) in [4.78, 5) is 2.45. The van der Waals surface area contributed by atoms with E-state index in [-0.39, 0.29) is 0 Å². The lowest BCUT2D eigenvalue weighted by molar-refractivity contribution is 0.415. The SMILES string of the molecule is C=CC=C(c1ccc(OC)cc1)c1ccc(N2CCCC2)cc1. The van der Waals surface area contributed by atoms with Gasteiger partial charge >= 0.3 is 0 Å². The van der Waals surface area contributed by atoms with Gasteiger partial charge in [-0.2, -0.15) is 0 Å². The van der Waals surface area contributed by atoms with Crippen LogP contribution < -0.4 is 9.64 Å². The molecule has 2 heteroatoms. The summed E-state index contributed by atoms with van der Waals surface area (Å²) < 4.78 is 5.24. The van der Waals surface area contributed by atoms with Gasteiger partial charge in [0.25, 0.3) is 0 Å². The second-order valence-corrected chi connectivity index (χ2v) is 5.79. The van der Waals surface area contributed by atoms with E-state index in [4.69, 9.17) is 4.74 Å². The molecule has 1 heterocycles. The number of methoxy groups -OCH3 is 1. The van der Waals surface area contributed by atoms with Gasteiger partial charge in [-0.05, 0) is 53.8 Å². The fraction of sp³-hybridized carbons (Fsp3) is 0.238. The summed E-state index contributed by atoms with van der Waals surface area (Å²) in [5.41, 5.74) is 4.87. The lowest BCUT2D eigenvalue weighted by Crippen LogP contribution is -2.17. The lowest BCUT2D eigenvalue weighted by Gasteiger charge is -2.18. The van der Waals surface area contributed by atoms with E-state index >= 15 is 0 Å². The molecule has 1 saturated heterocycles. The van der Waals surface area contributed by atoms with Crippen LogP contribution in [0.2, 0.25) is 0 Å². The molecule has 2 nitrogen and oxygen atoms in total. The number of ether oxygens (including phenoxy) is 1. The molecular weight excluding hydrogens is 282 g/mol. The van der Waals surface area contributed by atoms with E-state index in [1.807, 2.05) is 18.2 Å². The molecule has 0 saturated carbocycles. The van der Waals surface area contributed by atoms with Gasteiger partial charge in [0.1, 0.15) is 5.75 Å². The Morgan fingerprint density at radius 2 is 1.52 bits per heavy atom.